The second kappa shape index (κ2) is 9.04. The fourth-order valence-corrected chi connectivity index (χ4v) is 4.46. The third-order valence-corrected chi connectivity index (χ3v) is 6.17. The van der Waals surface area contributed by atoms with E-state index < -0.39 is 5.97 Å². The average molecular weight is 508 g/mol. The monoisotopic (exact) mass is 507 g/mol. The normalized spacial score (nSPS) is 11.6. The zero-order chi connectivity index (χ0) is 25.5. The highest BCUT2D eigenvalue weighted by atomic mass is 35.5. The summed E-state index contributed by atoms with van der Waals surface area (Å²) >= 11 is 6.15. The molecule has 0 aliphatic rings. The lowest BCUT2D eigenvalue weighted by Gasteiger charge is -2.10. The van der Waals surface area contributed by atoms with Crippen LogP contribution in [0.15, 0.2) is 99.2 Å². The Kier molecular flexibility index (Phi) is 5.54. The van der Waals surface area contributed by atoms with E-state index in [1.165, 1.54) is 17.8 Å². The largest absolute Gasteiger partial charge is 0.453 e. The lowest BCUT2D eigenvalue weighted by Crippen LogP contribution is -2.20. The number of fused-ring (bicyclic) bond motifs is 3. The van der Waals surface area contributed by atoms with Crippen LogP contribution in [0.5, 0.6) is 5.75 Å². The lowest BCUT2D eigenvalue weighted by atomic mass is 10.0. The number of rotatable bonds is 4. The zero-order valence-corrected chi connectivity index (χ0v) is 20.3. The Morgan fingerprint density at radius 3 is 2.59 bits per heavy atom. The van der Waals surface area contributed by atoms with Crippen molar-refractivity contribution in [3.05, 3.63) is 106 Å². The molecule has 0 unspecified atom stereocenters. The number of aromatic nitrogens is 2. The van der Waals surface area contributed by atoms with E-state index in [0.717, 1.165) is 16.2 Å². The van der Waals surface area contributed by atoms with Gasteiger partial charge >= 0.3 is 5.97 Å². The molecule has 0 aliphatic carbocycles. The van der Waals surface area contributed by atoms with Crippen LogP contribution in [0, 0.1) is 0 Å². The Morgan fingerprint density at radius 1 is 0.973 bits per heavy atom. The van der Waals surface area contributed by atoms with Crippen molar-refractivity contribution in [3.63, 3.8) is 0 Å². The first-order valence-corrected chi connectivity index (χ1v) is 11.8. The van der Waals surface area contributed by atoms with Gasteiger partial charge in [0.25, 0.3) is 5.56 Å². The maximum atomic E-state index is 13.6. The summed E-state index contributed by atoms with van der Waals surface area (Å²) in [5.41, 5.74) is 1.29. The summed E-state index contributed by atoms with van der Waals surface area (Å²) < 4.78 is 12.7. The van der Waals surface area contributed by atoms with E-state index in [0.29, 0.717) is 38.6 Å². The first kappa shape index (κ1) is 22.7. The van der Waals surface area contributed by atoms with E-state index in [4.69, 9.17) is 25.7 Å². The number of nitrogens with zero attached hydrogens (tertiary/aromatic N) is 3. The number of hydrogen-bond donors (Lipinski definition) is 0. The van der Waals surface area contributed by atoms with Gasteiger partial charge in [-0.3, -0.25) is 9.59 Å². The molecular weight excluding hydrogens is 490 g/mol. The van der Waals surface area contributed by atoms with Gasteiger partial charge in [-0.05, 0) is 53.2 Å². The average Bonchev–Trinajstić information content (AvgIpc) is 3.31. The van der Waals surface area contributed by atoms with E-state index in [9.17, 15) is 9.59 Å². The van der Waals surface area contributed by atoms with Gasteiger partial charge in [-0.1, -0.05) is 54.1 Å². The highest BCUT2D eigenvalue weighted by molar-refractivity contribution is 6.31. The summed E-state index contributed by atoms with van der Waals surface area (Å²) in [6.07, 6.45) is 1.50. The number of carbonyl (C=O) groups excluding carboxylic acids is 1. The van der Waals surface area contributed by atoms with Gasteiger partial charge in [-0.25, -0.2) is 4.98 Å². The van der Waals surface area contributed by atoms with Crippen molar-refractivity contribution in [2.24, 2.45) is 5.10 Å². The predicted molar refractivity (Wildman–Crippen MR) is 144 cm³/mol. The van der Waals surface area contributed by atoms with E-state index in [2.05, 4.69) is 5.10 Å². The molecule has 0 saturated carbocycles. The molecule has 0 fully saturated rings. The van der Waals surface area contributed by atoms with Crippen LogP contribution in [0.25, 0.3) is 44.2 Å². The molecule has 0 radical (unpaired) electrons. The topological polar surface area (TPSA) is 86.7 Å². The number of carbonyl (C=O) groups is 1. The molecule has 0 atom stereocenters. The molecule has 0 saturated heterocycles. The standard InChI is InChI=1S/C29H18ClN3O4/c1-17(34)36-26-12-10-18-6-2-3-7-21(18)23(26)16-31-33-28(32-24-9-5-4-8-22(24)29(33)35)27-15-19-14-20(30)11-13-25(19)37-27/h2-16H,1H3. The Balaban J connectivity index is 1.60. The second-order valence-electron chi connectivity index (χ2n) is 8.40. The van der Waals surface area contributed by atoms with Crippen molar-refractivity contribution in [1.82, 2.24) is 9.66 Å². The van der Waals surface area contributed by atoms with Crippen molar-refractivity contribution in [2.75, 3.05) is 0 Å². The summed E-state index contributed by atoms with van der Waals surface area (Å²) in [7, 11) is 0. The number of hydrogen-bond acceptors (Lipinski definition) is 6. The van der Waals surface area contributed by atoms with Crippen LogP contribution >= 0.6 is 11.6 Å². The van der Waals surface area contributed by atoms with Crippen molar-refractivity contribution in [1.29, 1.82) is 0 Å². The Hall–Kier alpha value is -4.75. The minimum atomic E-state index is -0.462. The van der Waals surface area contributed by atoms with Crippen molar-refractivity contribution in [2.45, 2.75) is 6.92 Å². The molecule has 4 aromatic carbocycles. The van der Waals surface area contributed by atoms with E-state index >= 15 is 0 Å². The number of furan rings is 1. The number of ether oxygens (including phenoxy) is 1. The minimum Gasteiger partial charge on any atom is -0.453 e. The highest BCUT2D eigenvalue weighted by Gasteiger charge is 2.17. The van der Waals surface area contributed by atoms with Gasteiger partial charge in [0.2, 0.25) is 5.82 Å². The first-order valence-electron chi connectivity index (χ1n) is 11.4. The molecule has 0 amide bonds. The maximum Gasteiger partial charge on any atom is 0.308 e. The van der Waals surface area contributed by atoms with Gasteiger partial charge in [-0.15, -0.1) is 0 Å². The molecule has 6 rings (SSSR count). The van der Waals surface area contributed by atoms with Gasteiger partial charge in [0.1, 0.15) is 11.3 Å². The minimum absolute atomic E-state index is 0.224. The van der Waals surface area contributed by atoms with Crippen molar-refractivity contribution < 1.29 is 13.9 Å². The quantitative estimate of drug-likeness (QED) is 0.156. The van der Waals surface area contributed by atoms with Gasteiger partial charge in [0.15, 0.2) is 5.76 Å². The van der Waals surface area contributed by atoms with Gasteiger partial charge < -0.3 is 9.15 Å². The fourth-order valence-electron chi connectivity index (χ4n) is 4.28. The summed E-state index contributed by atoms with van der Waals surface area (Å²) in [5, 5.41) is 8.03. The van der Waals surface area contributed by atoms with Crippen LogP contribution in [0.4, 0.5) is 0 Å². The number of para-hydroxylation sites is 1. The highest BCUT2D eigenvalue weighted by Crippen LogP contribution is 2.30. The van der Waals surface area contributed by atoms with Gasteiger partial charge in [-0.2, -0.15) is 9.78 Å². The number of benzene rings is 4. The molecule has 2 heterocycles. The third kappa shape index (κ3) is 4.15. The molecule has 0 aliphatic heterocycles. The van der Waals surface area contributed by atoms with Crippen LogP contribution in [-0.2, 0) is 4.79 Å². The smallest absolute Gasteiger partial charge is 0.308 e. The third-order valence-electron chi connectivity index (χ3n) is 5.94. The second-order valence-corrected chi connectivity index (χ2v) is 8.84. The molecule has 2 aromatic heterocycles. The van der Waals surface area contributed by atoms with Gasteiger partial charge in [0, 0.05) is 22.9 Å². The Morgan fingerprint density at radius 2 is 1.76 bits per heavy atom. The molecule has 0 spiro atoms. The van der Waals surface area contributed by atoms with Crippen LogP contribution < -0.4 is 10.3 Å². The summed E-state index contributed by atoms with van der Waals surface area (Å²) in [6, 6.07) is 25.3. The number of halogens is 1. The van der Waals surface area contributed by atoms with Crippen LogP contribution in [0.1, 0.15) is 12.5 Å². The molecule has 180 valence electrons. The SMILES string of the molecule is CC(=O)Oc1ccc2ccccc2c1C=Nn1c(-c2cc3cc(Cl)ccc3o2)nc2ccccc2c1=O. The van der Waals surface area contributed by atoms with E-state index in [1.54, 1.807) is 48.5 Å². The molecular formula is C29H18ClN3O4. The van der Waals surface area contributed by atoms with Crippen LogP contribution in [0.2, 0.25) is 5.02 Å². The first-order chi connectivity index (χ1) is 18.0. The molecule has 8 heteroatoms. The molecule has 7 nitrogen and oxygen atoms in total. The van der Waals surface area contributed by atoms with E-state index in [1.807, 2.05) is 36.4 Å². The van der Waals surface area contributed by atoms with E-state index in [-0.39, 0.29) is 11.4 Å². The number of esters is 1. The van der Waals surface area contributed by atoms with Crippen LogP contribution in [-0.4, -0.2) is 21.8 Å². The summed E-state index contributed by atoms with van der Waals surface area (Å²) in [5.74, 6) is 0.449. The van der Waals surface area contributed by atoms with Crippen LogP contribution in [0.3, 0.4) is 0 Å². The van der Waals surface area contributed by atoms with Crippen molar-refractivity contribution in [3.8, 4) is 17.3 Å². The fraction of sp³-hybridized carbons (Fsp3) is 0.0345. The molecule has 6 aromatic rings. The lowest BCUT2D eigenvalue weighted by molar-refractivity contribution is -0.131. The molecule has 0 N–H and O–H groups in total. The molecule has 37 heavy (non-hydrogen) atoms. The predicted octanol–water partition coefficient (Wildman–Crippen LogP) is 6.42. The molecule has 0 bridgehead atoms. The maximum absolute atomic E-state index is 13.6. The zero-order valence-electron chi connectivity index (χ0n) is 19.5. The Labute approximate surface area is 215 Å². The van der Waals surface area contributed by atoms with Crippen molar-refractivity contribution >= 4 is 56.4 Å². The Bertz CT molecular complexity index is 1940. The van der Waals surface area contributed by atoms with Gasteiger partial charge in [0.05, 0.1) is 17.1 Å². The summed E-state index contributed by atoms with van der Waals surface area (Å²) in [6.45, 7) is 1.33. The summed E-state index contributed by atoms with van der Waals surface area (Å²) in [4.78, 5) is 30.1.